The molecule has 3 heteroatoms. The molecule has 1 heterocycles. The first-order valence-corrected chi connectivity index (χ1v) is 4.73. The van der Waals surface area contributed by atoms with Crippen LogP contribution >= 0.6 is 23.5 Å². The van der Waals surface area contributed by atoms with Crippen LogP contribution in [0.15, 0.2) is 0 Å². The summed E-state index contributed by atoms with van der Waals surface area (Å²) in [5.41, 5.74) is 0. The van der Waals surface area contributed by atoms with E-state index in [1.807, 2.05) is 11.8 Å². The Labute approximate surface area is 57.8 Å². The molecule has 0 unspecified atom stereocenters. The lowest BCUT2D eigenvalue weighted by Crippen LogP contribution is -2.10. The van der Waals surface area contributed by atoms with E-state index in [4.69, 9.17) is 5.26 Å². The van der Waals surface area contributed by atoms with Gasteiger partial charge in [-0.05, 0) is 0 Å². The predicted octanol–water partition coefficient (Wildman–Crippen LogP) is 1.36. The number of nitrogens with zero attached hydrogens (tertiary/aromatic N) is 1. The maximum absolute atomic E-state index is 8.41. The van der Waals surface area contributed by atoms with Crippen LogP contribution in [-0.2, 0) is 0 Å². The first-order valence-electron chi connectivity index (χ1n) is 2.52. The highest BCUT2D eigenvalue weighted by molar-refractivity contribution is 8.06. The average molecular weight is 145 g/mol. The minimum absolute atomic E-state index is 0.272. The minimum atomic E-state index is 0.272. The Kier molecular flexibility index (Phi) is 2.57. The van der Waals surface area contributed by atoms with E-state index in [9.17, 15) is 0 Å². The zero-order valence-corrected chi connectivity index (χ0v) is 6.10. The van der Waals surface area contributed by atoms with Gasteiger partial charge in [-0.3, -0.25) is 0 Å². The van der Waals surface area contributed by atoms with Crippen LogP contribution in [0.2, 0.25) is 0 Å². The van der Waals surface area contributed by atoms with Crippen LogP contribution in [-0.4, -0.2) is 22.5 Å². The molecule has 0 N–H and O–H groups in total. The highest BCUT2D eigenvalue weighted by atomic mass is 32.2. The second kappa shape index (κ2) is 3.26. The largest absolute Gasteiger partial charge is 0.197 e. The van der Waals surface area contributed by atoms with E-state index in [0.29, 0.717) is 0 Å². The zero-order valence-electron chi connectivity index (χ0n) is 4.46. The second-order valence-corrected chi connectivity index (χ2v) is 4.02. The van der Waals surface area contributed by atoms with E-state index < -0.39 is 0 Å². The van der Waals surface area contributed by atoms with Gasteiger partial charge in [-0.2, -0.15) is 17.0 Å². The molecule has 1 nitrogen and oxygen atoms in total. The third kappa shape index (κ3) is 1.61. The Morgan fingerprint density at radius 2 is 2.38 bits per heavy atom. The molecule has 1 aliphatic rings. The molecule has 0 aromatic carbocycles. The molecular weight excluding hydrogens is 138 g/mol. The van der Waals surface area contributed by atoms with Gasteiger partial charge in [-0.25, -0.2) is 0 Å². The fraction of sp³-hybridized carbons (Fsp3) is 0.800. The average Bonchev–Trinajstić information content (AvgIpc) is 1.90. The van der Waals surface area contributed by atoms with Crippen molar-refractivity contribution < 1.29 is 0 Å². The molecule has 0 aromatic heterocycles. The molecule has 0 radical (unpaired) electrons. The maximum Gasteiger partial charge on any atom is 0.101 e. The van der Waals surface area contributed by atoms with Crippen LogP contribution in [0.1, 0.15) is 0 Å². The summed E-state index contributed by atoms with van der Waals surface area (Å²) < 4.78 is 0. The van der Waals surface area contributed by atoms with Crippen molar-refractivity contribution in [2.45, 2.75) is 5.25 Å². The highest BCUT2D eigenvalue weighted by Crippen LogP contribution is 2.22. The lowest BCUT2D eigenvalue weighted by molar-refractivity contribution is 1.23. The Hall–Kier alpha value is 0.190. The van der Waals surface area contributed by atoms with E-state index in [0.717, 1.165) is 11.5 Å². The van der Waals surface area contributed by atoms with Crippen molar-refractivity contribution in [3.05, 3.63) is 0 Å². The highest BCUT2D eigenvalue weighted by Gasteiger charge is 2.11. The summed E-state index contributed by atoms with van der Waals surface area (Å²) in [7, 11) is 0. The summed E-state index contributed by atoms with van der Waals surface area (Å²) in [6.45, 7) is 0. The van der Waals surface area contributed by atoms with E-state index >= 15 is 0 Å². The molecule has 1 fully saturated rings. The lowest BCUT2D eigenvalue weighted by Gasteiger charge is -2.12. The molecule has 8 heavy (non-hydrogen) atoms. The SMILES string of the molecule is N#C[C@H]1CSCCS1. The van der Waals surface area contributed by atoms with Crippen molar-refractivity contribution in [2.24, 2.45) is 0 Å². The topological polar surface area (TPSA) is 23.8 Å². The molecule has 1 atom stereocenters. The Morgan fingerprint density at radius 3 is 2.75 bits per heavy atom. The number of rotatable bonds is 0. The van der Waals surface area contributed by atoms with Crippen molar-refractivity contribution in [1.29, 1.82) is 5.26 Å². The Balaban J connectivity index is 2.25. The van der Waals surface area contributed by atoms with Crippen molar-refractivity contribution in [3.63, 3.8) is 0 Å². The van der Waals surface area contributed by atoms with Crippen LogP contribution in [0.4, 0.5) is 0 Å². The van der Waals surface area contributed by atoms with Crippen molar-refractivity contribution in [1.82, 2.24) is 0 Å². The fourth-order valence-electron chi connectivity index (χ4n) is 0.562. The van der Waals surface area contributed by atoms with E-state index in [1.165, 1.54) is 5.75 Å². The molecule has 0 aromatic rings. The molecule has 0 spiro atoms. The van der Waals surface area contributed by atoms with Crippen LogP contribution in [0.25, 0.3) is 0 Å². The first-order chi connectivity index (χ1) is 3.93. The van der Waals surface area contributed by atoms with E-state index in [-0.39, 0.29) is 5.25 Å². The Morgan fingerprint density at radius 1 is 1.50 bits per heavy atom. The third-order valence-electron chi connectivity index (χ3n) is 0.960. The van der Waals surface area contributed by atoms with Crippen LogP contribution in [0, 0.1) is 11.3 Å². The number of hydrogen-bond donors (Lipinski definition) is 0. The molecule has 0 saturated carbocycles. The molecular formula is C5H7NS2. The van der Waals surface area contributed by atoms with Gasteiger partial charge in [0.05, 0.1) is 6.07 Å². The summed E-state index contributed by atoms with van der Waals surface area (Å²) in [6.07, 6.45) is 0. The lowest BCUT2D eigenvalue weighted by atomic mass is 10.5. The zero-order chi connectivity index (χ0) is 5.82. The van der Waals surface area contributed by atoms with Gasteiger partial charge in [0.1, 0.15) is 5.25 Å². The quantitative estimate of drug-likeness (QED) is 0.514. The minimum Gasteiger partial charge on any atom is -0.197 e. The monoisotopic (exact) mass is 145 g/mol. The first kappa shape index (κ1) is 6.31. The van der Waals surface area contributed by atoms with Crippen LogP contribution in [0.5, 0.6) is 0 Å². The summed E-state index contributed by atoms with van der Waals surface area (Å²) >= 11 is 3.67. The van der Waals surface area contributed by atoms with Gasteiger partial charge in [0.25, 0.3) is 0 Å². The summed E-state index contributed by atoms with van der Waals surface area (Å²) in [6, 6.07) is 2.25. The van der Waals surface area contributed by atoms with Gasteiger partial charge in [0.15, 0.2) is 0 Å². The van der Waals surface area contributed by atoms with Gasteiger partial charge >= 0.3 is 0 Å². The van der Waals surface area contributed by atoms with Crippen molar-refractivity contribution >= 4 is 23.5 Å². The standard InChI is InChI=1S/C5H7NS2/c6-3-5-4-7-1-2-8-5/h5H,1-2,4H2/t5-/m0/s1. The van der Waals surface area contributed by atoms with Gasteiger partial charge < -0.3 is 0 Å². The van der Waals surface area contributed by atoms with Gasteiger partial charge in [-0.15, -0.1) is 11.8 Å². The predicted molar refractivity (Wildman–Crippen MR) is 39.2 cm³/mol. The fourth-order valence-corrected chi connectivity index (χ4v) is 2.91. The van der Waals surface area contributed by atoms with Crippen molar-refractivity contribution in [2.75, 3.05) is 17.3 Å². The molecule has 1 aliphatic heterocycles. The number of nitriles is 1. The van der Waals surface area contributed by atoms with Crippen molar-refractivity contribution in [3.8, 4) is 6.07 Å². The Bertz CT molecular complexity index is 101. The van der Waals surface area contributed by atoms with Crippen LogP contribution in [0.3, 0.4) is 0 Å². The molecule has 1 rings (SSSR count). The van der Waals surface area contributed by atoms with Gasteiger partial charge in [-0.1, -0.05) is 0 Å². The van der Waals surface area contributed by atoms with Crippen LogP contribution < -0.4 is 0 Å². The number of thioether (sulfide) groups is 2. The maximum atomic E-state index is 8.41. The van der Waals surface area contributed by atoms with Gasteiger partial charge in [0.2, 0.25) is 0 Å². The summed E-state index contributed by atoms with van der Waals surface area (Å²) in [5, 5.41) is 8.68. The molecule has 0 bridgehead atoms. The second-order valence-electron chi connectivity index (χ2n) is 1.56. The molecule has 1 saturated heterocycles. The third-order valence-corrected chi connectivity index (χ3v) is 3.61. The number of hydrogen-bond acceptors (Lipinski definition) is 3. The normalized spacial score (nSPS) is 29.1. The molecule has 0 amide bonds. The van der Waals surface area contributed by atoms with E-state index in [1.54, 1.807) is 11.8 Å². The summed E-state index contributed by atoms with van der Waals surface area (Å²) in [5.74, 6) is 3.41. The molecule has 44 valence electrons. The summed E-state index contributed by atoms with van der Waals surface area (Å²) in [4.78, 5) is 0. The molecule has 0 aliphatic carbocycles. The van der Waals surface area contributed by atoms with Gasteiger partial charge in [0, 0.05) is 17.3 Å². The van der Waals surface area contributed by atoms with E-state index in [2.05, 4.69) is 6.07 Å². The smallest absolute Gasteiger partial charge is 0.101 e.